The summed E-state index contributed by atoms with van der Waals surface area (Å²) in [5, 5.41) is 0. The molecule has 0 aliphatic heterocycles. The SMILES string of the molecule is C#CC#CC#CC(C1CC1(CC(=O)C(C)(C)C)C(=O)C(C)(C)C)C(C)(C)C. The largest absolute Gasteiger partial charge is 0.299 e. The van der Waals surface area contributed by atoms with E-state index in [-0.39, 0.29) is 28.8 Å². The Hall–Kier alpha value is -1.98. The van der Waals surface area contributed by atoms with Crippen molar-refractivity contribution < 1.29 is 9.59 Å². The molecule has 0 amide bonds. The summed E-state index contributed by atoms with van der Waals surface area (Å²) in [6, 6.07) is 0. The van der Waals surface area contributed by atoms with E-state index >= 15 is 0 Å². The second-order valence-corrected chi connectivity index (χ2v) is 10.9. The van der Waals surface area contributed by atoms with Crippen molar-refractivity contribution in [2.24, 2.45) is 33.5 Å². The summed E-state index contributed by atoms with van der Waals surface area (Å²) in [6.07, 6.45) is 6.16. The van der Waals surface area contributed by atoms with Crippen molar-refractivity contribution in [3.8, 4) is 36.0 Å². The summed E-state index contributed by atoms with van der Waals surface area (Å²) in [5.41, 5.74) is -1.69. The first-order chi connectivity index (χ1) is 12.1. The molecule has 3 unspecified atom stereocenters. The molecule has 27 heavy (non-hydrogen) atoms. The fourth-order valence-corrected chi connectivity index (χ4v) is 3.72. The van der Waals surface area contributed by atoms with Crippen molar-refractivity contribution in [3.05, 3.63) is 0 Å². The van der Waals surface area contributed by atoms with Gasteiger partial charge in [0.05, 0.1) is 0 Å². The van der Waals surface area contributed by atoms with Crippen LogP contribution in [0.2, 0.25) is 0 Å². The summed E-state index contributed by atoms with van der Waals surface area (Å²) in [6.45, 7) is 17.9. The topological polar surface area (TPSA) is 34.1 Å². The van der Waals surface area contributed by atoms with Gasteiger partial charge in [0.15, 0.2) is 0 Å². The molecule has 2 nitrogen and oxygen atoms in total. The van der Waals surface area contributed by atoms with Crippen molar-refractivity contribution in [1.29, 1.82) is 0 Å². The van der Waals surface area contributed by atoms with E-state index in [9.17, 15) is 9.59 Å². The highest BCUT2D eigenvalue weighted by Gasteiger charge is 2.65. The van der Waals surface area contributed by atoms with Gasteiger partial charge < -0.3 is 0 Å². The van der Waals surface area contributed by atoms with Crippen LogP contribution in [0.5, 0.6) is 0 Å². The van der Waals surface area contributed by atoms with Gasteiger partial charge in [-0.2, -0.15) is 0 Å². The number of Topliss-reactive ketones (excluding diaryl/α,β-unsaturated/α-hetero) is 2. The Morgan fingerprint density at radius 1 is 0.963 bits per heavy atom. The van der Waals surface area contributed by atoms with Crippen LogP contribution in [0.3, 0.4) is 0 Å². The number of terminal acetylenes is 1. The molecule has 1 saturated carbocycles. The van der Waals surface area contributed by atoms with E-state index in [1.807, 2.05) is 41.5 Å². The Morgan fingerprint density at radius 2 is 1.52 bits per heavy atom. The molecule has 1 aliphatic rings. The maximum atomic E-state index is 13.4. The van der Waals surface area contributed by atoms with Crippen LogP contribution in [0.4, 0.5) is 0 Å². The standard InChI is InChI=1S/C25H34O2/c1-11-12-13-14-15-18(22(2,3)4)19-16-25(19,21(27)24(8,9)10)17-20(26)23(5,6)7/h1,18-19H,16-17H2,2-10H3. The molecule has 0 radical (unpaired) electrons. The first-order valence-electron chi connectivity index (χ1n) is 9.62. The van der Waals surface area contributed by atoms with E-state index in [0.29, 0.717) is 12.8 Å². The molecule has 1 fully saturated rings. The molecule has 0 N–H and O–H groups in total. The van der Waals surface area contributed by atoms with Gasteiger partial charge in [-0.15, -0.1) is 6.42 Å². The van der Waals surface area contributed by atoms with Gasteiger partial charge in [-0.3, -0.25) is 9.59 Å². The summed E-state index contributed by atoms with van der Waals surface area (Å²) < 4.78 is 0. The molecule has 2 heteroatoms. The van der Waals surface area contributed by atoms with Gasteiger partial charge in [-0.25, -0.2) is 0 Å². The fraction of sp³-hybridized carbons (Fsp3) is 0.680. The minimum atomic E-state index is -0.616. The quantitative estimate of drug-likeness (QED) is 0.662. The van der Waals surface area contributed by atoms with Crippen LogP contribution >= 0.6 is 0 Å². The fourth-order valence-electron chi connectivity index (χ4n) is 3.72. The van der Waals surface area contributed by atoms with Gasteiger partial charge in [0.25, 0.3) is 0 Å². The van der Waals surface area contributed by atoms with Crippen LogP contribution in [0.25, 0.3) is 0 Å². The van der Waals surface area contributed by atoms with Gasteiger partial charge in [0, 0.05) is 28.6 Å². The minimum absolute atomic E-state index is 0.0244. The van der Waals surface area contributed by atoms with E-state index in [0.717, 1.165) is 0 Å². The highest BCUT2D eigenvalue weighted by Crippen LogP contribution is 2.64. The zero-order valence-electron chi connectivity index (χ0n) is 18.5. The van der Waals surface area contributed by atoms with E-state index in [1.54, 1.807) is 0 Å². The van der Waals surface area contributed by atoms with Crippen LogP contribution in [-0.2, 0) is 9.59 Å². The lowest BCUT2D eigenvalue weighted by atomic mass is 9.69. The molecule has 0 aromatic rings. The molecule has 146 valence electrons. The Bertz CT molecular complexity index is 764. The molecule has 1 aliphatic carbocycles. The molecule has 0 aromatic carbocycles. The van der Waals surface area contributed by atoms with Gasteiger partial charge in [-0.1, -0.05) is 68.2 Å². The highest BCUT2D eigenvalue weighted by atomic mass is 16.1. The third-order valence-corrected chi connectivity index (χ3v) is 5.34. The number of hydrogen-bond donors (Lipinski definition) is 0. The molecule has 0 bridgehead atoms. The first-order valence-corrected chi connectivity index (χ1v) is 9.62. The van der Waals surface area contributed by atoms with Gasteiger partial charge in [0.1, 0.15) is 11.6 Å². The average molecular weight is 367 g/mol. The Morgan fingerprint density at radius 3 is 1.93 bits per heavy atom. The van der Waals surface area contributed by atoms with E-state index in [4.69, 9.17) is 6.42 Å². The molecule has 0 heterocycles. The maximum absolute atomic E-state index is 13.4. The lowest BCUT2D eigenvalue weighted by Crippen LogP contribution is -2.37. The summed E-state index contributed by atoms with van der Waals surface area (Å²) >= 11 is 0. The minimum Gasteiger partial charge on any atom is -0.299 e. The third kappa shape index (κ3) is 5.50. The Labute approximate surface area is 166 Å². The predicted octanol–water partition coefficient (Wildman–Crippen LogP) is 4.92. The summed E-state index contributed by atoms with van der Waals surface area (Å²) in [7, 11) is 0. The number of hydrogen-bond acceptors (Lipinski definition) is 2. The van der Waals surface area contributed by atoms with Crippen LogP contribution < -0.4 is 0 Å². The Kier molecular flexibility index (Phi) is 6.46. The maximum Gasteiger partial charge on any atom is 0.145 e. The average Bonchev–Trinajstić information content (AvgIpc) is 3.17. The van der Waals surface area contributed by atoms with E-state index < -0.39 is 16.2 Å². The van der Waals surface area contributed by atoms with Gasteiger partial charge >= 0.3 is 0 Å². The lowest BCUT2D eigenvalue weighted by Gasteiger charge is -2.32. The molecular weight excluding hydrogens is 332 g/mol. The van der Waals surface area contributed by atoms with Crippen LogP contribution in [0.15, 0.2) is 0 Å². The number of ketones is 2. The molecule has 0 saturated heterocycles. The number of carbonyl (C=O) groups is 2. The van der Waals surface area contributed by atoms with Crippen LogP contribution in [0.1, 0.15) is 75.2 Å². The van der Waals surface area contributed by atoms with Gasteiger partial charge in [-0.05, 0) is 41.4 Å². The van der Waals surface area contributed by atoms with Crippen molar-refractivity contribution >= 4 is 11.6 Å². The molecule has 0 aromatic heterocycles. The van der Waals surface area contributed by atoms with E-state index in [1.165, 1.54) is 0 Å². The second kappa shape index (κ2) is 7.56. The number of rotatable bonds is 4. The zero-order chi connectivity index (χ0) is 21.3. The summed E-state index contributed by atoms with van der Waals surface area (Å²) in [4.78, 5) is 26.2. The van der Waals surface area contributed by atoms with Crippen molar-refractivity contribution in [1.82, 2.24) is 0 Å². The van der Waals surface area contributed by atoms with Crippen molar-refractivity contribution in [3.63, 3.8) is 0 Å². The van der Waals surface area contributed by atoms with Crippen LogP contribution in [0, 0.1) is 69.5 Å². The second-order valence-electron chi connectivity index (χ2n) is 10.9. The predicted molar refractivity (Wildman–Crippen MR) is 111 cm³/mol. The Balaban J connectivity index is 3.35. The smallest absolute Gasteiger partial charge is 0.145 e. The molecule has 0 spiro atoms. The molecular formula is C25H34O2. The highest BCUT2D eigenvalue weighted by molar-refractivity contribution is 5.97. The molecule has 3 atom stereocenters. The first kappa shape index (κ1) is 23.1. The normalized spacial score (nSPS) is 23.0. The molecule has 1 rings (SSSR count). The lowest BCUT2D eigenvalue weighted by molar-refractivity contribution is -0.138. The summed E-state index contributed by atoms with van der Waals surface area (Å²) in [5.74, 6) is 13.9. The van der Waals surface area contributed by atoms with Gasteiger partial charge in [0.2, 0.25) is 0 Å². The van der Waals surface area contributed by atoms with Crippen LogP contribution in [-0.4, -0.2) is 11.6 Å². The van der Waals surface area contributed by atoms with E-state index in [2.05, 4.69) is 50.4 Å². The third-order valence-electron chi connectivity index (χ3n) is 5.34. The monoisotopic (exact) mass is 366 g/mol. The zero-order valence-corrected chi connectivity index (χ0v) is 18.5. The van der Waals surface area contributed by atoms with Crippen molar-refractivity contribution in [2.45, 2.75) is 75.2 Å². The number of carbonyl (C=O) groups excluding carboxylic acids is 2. The van der Waals surface area contributed by atoms with Crippen molar-refractivity contribution in [2.75, 3.05) is 0 Å².